The Morgan fingerprint density at radius 1 is 1.19 bits per heavy atom. The van der Waals surface area contributed by atoms with Gasteiger partial charge in [0.1, 0.15) is 0 Å². The maximum Gasteiger partial charge on any atom is 0.339 e. The third-order valence-corrected chi connectivity index (χ3v) is 3.76. The SMILES string of the molecule is CCOC(=O)C1=C(C(=O)OC)c2ccccc2C(C)(C)C1. The van der Waals surface area contributed by atoms with Crippen LogP contribution in [-0.2, 0) is 24.5 Å². The third kappa shape index (κ3) is 2.71. The minimum Gasteiger partial charge on any atom is -0.465 e. The Labute approximate surface area is 124 Å². The summed E-state index contributed by atoms with van der Waals surface area (Å²) in [4.78, 5) is 24.4. The van der Waals surface area contributed by atoms with E-state index in [2.05, 4.69) is 13.8 Å². The summed E-state index contributed by atoms with van der Waals surface area (Å²) >= 11 is 0. The number of carbonyl (C=O) groups is 2. The molecule has 1 aromatic carbocycles. The van der Waals surface area contributed by atoms with E-state index in [0.717, 1.165) is 11.1 Å². The zero-order valence-electron chi connectivity index (χ0n) is 12.9. The van der Waals surface area contributed by atoms with Crippen LogP contribution < -0.4 is 0 Å². The molecule has 2 rings (SSSR count). The molecule has 0 bridgehead atoms. The molecule has 0 radical (unpaired) electrons. The van der Waals surface area contributed by atoms with Crippen LogP contribution in [0.5, 0.6) is 0 Å². The van der Waals surface area contributed by atoms with Crippen molar-refractivity contribution in [3.63, 3.8) is 0 Å². The van der Waals surface area contributed by atoms with Gasteiger partial charge in [-0.25, -0.2) is 9.59 Å². The van der Waals surface area contributed by atoms with Gasteiger partial charge < -0.3 is 9.47 Å². The fraction of sp³-hybridized carbons (Fsp3) is 0.412. The summed E-state index contributed by atoms with van der Waals surface area (Å²) in [6.45, 7) is 6.13. The Balaban J connectivity index is 2.69. The van der Waals surface area contributed by atoms with Gasteiger partial charge in [-0.2, -0.15) is 0 Å². The molecule has 0 aliphatic heterocycles. The second-order valence-corrected chi connectivity index (χ2v) is 5.67. The Morgan fingerprint density at radius 2 is 1.86 bits per heavy atom. The van der Waals surface area contributed by atoms with Crippen molar-refractivity contribution in [3.05, 3.63) is 41.0 Å². The van der Waals surface area contributed by atoms with Crippen LogP contribution in [0.15, 0.2) is 29.8 Å². The molecule has 1 aromatic rings. The molecule has 0 aromatic heterocycles. The molecule has 1 aliphatic carbocycles. The van der Waals surface area contributed by atoms with E-state index in [-0.39, 0.29) is 12.0 Å². The first-order chi connectivity index (χ1) is 9.92. The molecule has 1 aliphatic rings. The molecule has 0 fully saturated rings. The van der Waals surface area contributed by atoms with E-state index < -0.39 is 11.9 Å². The highest BCUT2D eigenvalue weighted by atomic mass is 16.5. The molecular weight excluding hydrogens is 268 g/mol. The molecule has 0 heterocycles. The first-order valence-corrected chi connectivity index (χ1v) is 7.00. The van der Waals surface area contributed by atoms with Crippen LogP contribution in [0.25, 0.3) is 5.57 Å². The number of fused-ring (bicyclic) bond motifs is 1. The van der Waals surface area contributed by atoms with E-state index in [1.807, 2.05) is 24.3 Å². The lowest BCUT2D eigenvalue weighted by atomic mass is 9.70. The number of benzene rings is 1. The first kappa shape index (κ1) is 15.3. The average Bonchev–Trinajstić information content (AvgIpc) is 2.46. The zero-order valence-corrected chi connectivity index (χ0v) is 12.9. The normalized spacial score (nSPS) is 16.2. The van der Waals surface area contributed by atoms with Crippen molar-refractivity contribution >= 4 is 17.5 Å². The van der Waals surface area contributed by atoms with Gasteiger partial charge in [0.25, 0.3) is 0 Å². The molecule has 112 valence electrons. The fourth-order valence-corrected chi connectivity index (χ4v) is 2.81. The molecule has 0 atom stereocenters. The predicted octanol–water partition coefficient (Wildman–Crippen LogP) is 2.86. The van der Waals surface area contributed by atoms with Crippen LogP contribution in [0.3, 0.4) is 0 Å². The number of hydrogen-bond acceptors (Lipinski definition) is 4. The molecule has 0 saturated heterocycles. The highest BCUT2D eigenvalue weighted by Crippen LogP contribution is 2.43. The third-order valence-electron chi connectivity index (χ3n) is 3.76. The van der Waals surface area contributed by atoms with Gasteiger partial charge in [0.05, 0.1) is 24.9 Å². The number of hydrogen-bond donors (Lipinski definition) is 0. The number of ether oxygens (including phenoxy) is 2. The molecular formula is C17H20O4. The van der Waals surface area contributed by atoms with E-state index in [1.165, 1.54) is 7.11 Å². The molecule has 0 spiro atoms. The summed E-state index contributed by atoms with van der Waals surface area (Å²) in [5.74, 6) is -0.943. The van der Waals surface area contributed by atoms with E-state index in [4.69, 9.17) is 9.47 Å². The van der Waals surface area contributed by atoms with Gasteiger partial charge in [-0.05, 0) is 29.9 Å². The lowest BCUT2D eigenvalue weighted by Gasteiger charge is -2.34. The highest BCUT2D eigenvalue weighted by Gasteiger charge is 2.38. The van der Waals surface area contributed by atoms with Crippen molar-refractivity contribution in [3.8, 4) is 0 Å². The topological polar surface area (TPSA) is 52.6 Å². The fourth-order valence-electron chi connectivity index (χ4n) is 2.81. The summed E-state index contributed by atoms with van der Waals surface area (Å²) in [5.41, 5.74) is 2.27. The van der Waals surface area contributed by atoms with Gasteiger partial charge in [-0.1, -0.05) is 38.1 Å². The van der Waals surface area contributed by atoms with Crippen LogP contribution in [0, 0.1) is 0 Å². The van der Waals surface area contributed by atoms with E-state index >= 15 is 0 Å². The Hall–Kier alpha value is -2.10. The lowest BCUT2D eigenvalue weighted by Crippen LogP contribution is -2.30. The Kier molecular flexibility index (Phi) is 4.16. The predicted molar refractivity (Wildman–Crippen MR) is 79.7 cm³/mol. The first-order valence-electron chi connectivity index (χ1n) is 7.00. The summed E-state index contributed by atoms with van der Waals surface area (Å²) in [6, 6.07) is 7.62. The quantitative estimate of drug-likeness (QED) is 0.803. The maximum atomic E-state index is 12.2. The summed E-state index contributed by atoms with van der Waals surface area (Å²) in [5, 5.41) is 0. The summed E-state index contributed by atoms with van der Waals surface area (Å²) in [6.07, 6.45) is 0.452. The number of carbonyl (C=O) groups excluding carboxylic acids is 2. The Morgan fingerprint density at radius 3 is 2.48 bits per heavy atom. The molecule has 4 nitrogen and oxygen atoms in total. The van der Waals surface area contributed by atoms with E-state index in [1.54, 1.807) is 6.92 Å². The second kappa shape index (κ2) is 5.72. The van der Waals surface area contributed by atoms with Gasteiger partial charge in [0.2, 0.25) is 0 Å². The largest absolute Gasteiger partial charge is 0.465 e. The van der Waals surface area contributed by atoms with Crippen LogP contribution >= 0.6 is 0 Å². The van der Waals surface area contributed by atoms with Gasteiger partial charge in [-0.3, -0.25) is 0 Å². The van der Waals surface area contributed by atoms with Gasteiger partial charge in [0.15, 0.2) is 0 Å². The number of rotatable bonds is 3. The Bertz CT molecular complexity index is 611. The zero-order chi connectivity index (χ0) is 15.6. The van der Waals surface area contributed by atoms with Crippen LogP contribution in [0.1, 0.15) is 38.3 Å². The standard InChI is InChI=1S/C17H20O4/c1-5-21-15(18)12-10-17(2,3)13-9-7-6-8-11(13)14(12)16(19)20-4/h6-9H,5,10H2,1-4H3. The monoisotopic (exact) mass is 288 g/mol. The van der Waals surface area contributed by atoms with Gasteiger partial charge in [0, 0.05) is 0 Å². The van der Waals surface area contributed by atoms with Crippen molar-refractivity contribution in [1.29, 1.82) is 0 Å². The smallest absolute Gasteiger partial charge is 0.339 e. The maximum absolute atomic E-state index is 12.2. The number of methoxy groups -OCH3 is 1. The summed E-state index contributed by atoms with van der Waals surface area (Å²) < 4.78 is 9.98. The van der Waals surface area contributed by atoms with Crippen LogP contribution in [0.4, 0.5) is 0 Å². The van der Waals surface area contributed by atoms with Crippen molar-refractivity contribution in [2.45, 2.75) is 32.6 Å². The minimum atomic E-state index is -0.499. The van der Waals surface area contributed by atoms with Crippen molar-refractivity contribution < 1.29 is 19.1 Å². The van der Waals surface area contributed by atoms with Crippen molar-refractivity contribution in [2.24, 2.45) is 0 Å². The molecule has 0 saturated carbocycles. The highest BCUT2D eigenvalue weighted by molar-refractivity contribution is 6.23. The molecule has 0 amide bonds. The van der Waals surface area contributed by atoms with Gasteiger partial charge in [-0.15, -0.1) is 0 Å². The molecule has 0 N–H and O–H groups in total. The number of esters is 2. The molecule has 4 heteroatoms. The second-order valence-electron chi connectivity index (χ2n) is 5.67. The minimum absolute atomic E-state index is 0.240. The van der Waals surface area contributed by atoms with E-state index in [0.29, 0.717) is 17.6 Å². The summed E-state index contributed by atoms with van der Waals surface area (Å²) in [7, 11) is 1.32. The molecule has 0 unspecified atom stereocenters. The van der Waals surface area contributed by atoms with Crippen LogP contribution in [-0.4, -0.2) is 25.7 Å². The van der Waals surface area contributed by atoms with E-state index in [9.17, 15) is 9.59 Å². The van der Waals surface area contributed by atoms with Crippen molar-refractivity contribution in [2.75, 3.05) is 13.7 Å². The lowest BCUT2D eigenvalue weighted by molar-refractivity contribution is -0.140. The van der Waals surface area contributed by atoms with Crippen LogP contribution in [0.2, 0.25) is 0 Å². The average molecular weight is 288 g/mol. The molecule has 21 heavy (non-hydrogen) atoms. The van der Waals surface area contributed by atoms with Crippen molar-refractivity contribution in [1.82, 2.24) is 0 Å². The van der Waals surface area contributed by atoms with Gasteiger partial charge >= 0.3 is 11.9 Å².